The molecule has 0 saturated heterocycles. The molecule has 15 heavy (non-hydrogen) atoms. The maximum absolute atomic E-state index is 5.25. The molecule has 1 N–H and O–H groups in total. The lowest BCUT2D eigenvalue weighted by Gasteiger charge is -2.14. The summed E-state index contributed by atoms with van der Waals surface area (Å²) in [4.78, 5) is 0. The monoisotopic (exact) mass is 217 g/mol. The second-order valence-electron chi connectivity index (χ2n) is 3.93. The quantitative estimate of drug-likeness (QED) is 0.538. The standard InChI is InChI=1S/C12H27NO2/c1-4-5-6-7-8-9-13-10-12(15-3)11-14-2/h12-13H,4-11H2,1-3H3. The van der Waals surface area contributed by atoms with Crippen LogP contribution in [0.5, 0.6) is 0 Å². The summed E-state index contributed by atoms with van der Waals surface area (Å²) in [6.45, 7) is 4.89. The van der Waals surface area contributed by atoms with Gasteiger partial charge in [0.05, 0.1) is 12.7 Å². The normalized spacial score (nSPS) is 13.0. The third-order valence-corrected chi connectivity index (χ3v) is 2.52. The van der Waals surface area contributed by atoms with Gasteiger partial charge in [0.2, 0.25) is 0 Å². The average Bonchev–Trinajstić information content (AvgIpc) is 2.26. The maximum Gasteiger partial charge on any atom is 0.0928 e. The summed E-state index contributed by atoms with van der Waals surface area (Å²) in [6.07, 6.45) is 6.83. The van der Waals surface area contributed by atoms with Gasteiger partial charge < -0.3 is 14.8 Å². The summed E-state index contributed by atoms with van der Waals surface area (Å²) in [7, 11) is 3.43. The fourth-order valence-electron chi connectivity index (χ4n) is 1.51. The Balaban J connectivity index is 3.14. The van der Waals surface area contributed by atoms with E-state index in [9.17, 15) is 0 Å². The van der Waals surface area contributed by atoms with Crippen LogP contribution in [0.1, 0.15) is 39.0 Å². The van der Waals surface area contributed by atoms with E-state index in [1.807, 2.05) is 0 Å². The molecule has 0 amide bonds. The molecule has 3 heteroatoms. The second kappa shape index (κ2) is 12.0. The van der Waals surface area contributed by atoms with Crippen molar-refractivity contribution >= 4 is 0 Å². The molecular weight excluding hydrogens is 190 g/mol. The highest BCUT2D eigenvalue weighted by molar-refractivity contribution is 4.60. The number of methoxy groups -OCH3 is 2. The predicted molar refractivity (Wildman–Crippen MR) is 64.3 cm³/mol. The van der Waals surface area contributed by atoms with E-state index in [1.165, 1.54) is 32.1 Å². The van der Waals surface area contributed by atoms with Crippen molar-refractivity contribution in [3.05, 3.63) is 0 Å². The summed E-state index contributed by atoms with van der Waals surface area (Å²) in [5.74, 6) is 0. The third-order valence-electron chi connectivity index (χ3n) is 2.52. The Morgan fingerprint density at radius 1 is 1.07 bits per heavy atom. The van der Waals surface area contributed by atoms with Crippen molar-refractivity contribution in [1.29, 1.82) is 0 Å². The van der Waals surface area contributed by atoms with Crippen molar-refractivity contribution in [3.8, 4) is 0 Å². The summed E-state index contributed by atoms with van der Waals surface area (Å²) in [5.41, 5.74) is 0. The molecule has 0 bridgehead atoms. The lowest BCUT2D eigenvalue weighted by molar-refractivity contribution is 0.0290. The van der Waals surface area contributed by atoms with E-state index in [0.29, 0.717) is 6.61 Å². The van der Waals surface area contributed by atoms with Crippen LogP contribution in [0.4, 0.5) is 0 Å². The van der Waals surface area contributed by atoms with E-state index in [1.54, 1.807) is 14.2 Å². The minimum absolute atomic E-state index is 0.186. The van der Waals surface area contributed by atoms with Gasteiger partial charge in [-0.15, -0.1) is 0 Å². The van der Waals surface area contributed by atoms with E-state index >= 15 is 0 Å². The first-order valence-electron chi connectivity index (χ1n) is 6.07. The zero-order chi connectivity index (χ0) is 11.4. The first kappa shape index (κ1) is 14.9. The van der Waals surface area contributed by atoms with E-state index in [0.717, 1.165) is 13.1 Å². The van der Waals surface area contributed by atoms with Crippen LogP contribution in [-0.2, 0) is 9.47 Å². The molecule has 0 radical (unpaired) electrons. The Morgan fingerprint density at radius 2 is 1.80 bits per heavy atom. The van der Waals surface area contributed by atoms with Gasteiger partial charge in [0, 0.05) is 20.8 Å². The SMILES string of the molecule is CCCCCCCNCC(COC)OC. The molecule has 0 aliphatic carbocycles. The van der Waals surface area contributed by atoms with Crippen molar-refractivity contribution in [1.82, 2.24) is 5.32 Å². The molecule has 0 fully saturated rings. The van der Waals surface area contributed by atoms with Crippen molar-refractivity contribution in [2.24, 2.45) is 0 Å². The minimum Gasteiger partial charge on any atom is -0.382 e. The molecule has 0 rings (SSSR count). The van der Waals surface area contributed by atoms with Gasteiger partial charge in [0.15, 0.2) is 0 Å². The zero-order valence-corrected chi connectivity index (χ0v) is 10.6. The van der Waals surface area contributed by atoms with Gasteiger partial charge in [-0.05, 0) is 13.0 Å². The third kappa shape index (κ3) is 10.2. The van der Waals surface area contributed by atoms with Crippen molar-refractivity contribution in [2.45, 2.75) is 45.1 Å². The first-order chi connectivity index (χ1) is 7.35. The van der Waals surface area contributed by atoms with Gasteiger partial charge in [-0.25, -0.2) is 0 Å². The number of nitrogens with one attached hydrogen (secondary N) is 1. The predicted octanol–water partition coefficient (Wildman–Crippen LogP) is 2.21. The van der Waals surface area contributed by atoms with Crippen molar-refractivity contribution < 1.29 is 9.47 Å². The molecule has 0 saturated carbocycles. The number of hydrogen-bond acceptors (Lipinski definition) is 3. The molecule has 0 aromatic rings. The molecule has 92 valence electrons. The number of unbranched alkanes of at least 4 members (excludes halogenated alkanes) is 4. The van der Waals surface area contributed by atoms with Crippen LogP contribution in [0, 0.1) is 0 Å². The summed E-state index contributed by atoms with van der Waals surface area (Å²) >= 11 is 0. The Kier molecular flexibility index (Phi) is 11.9. The minimum atomic E-state index is 0.186. The molecule has 0 aromatic carbocycles. The lowest BCUT2D eigenvalue weighted by atomic mass is 10.1. The highest BCUT2D eigenvalue weighted by Gasteiger charge is 2.04. The Bertz CT molecular complexity index is 120. The summed E-state index contributed by atoms with van der Waals surface area (Å²) in [6, 6.07) is 0. The van der Waals surface area contributed by atoms with Crippen LogP contribution in [0.25, 0.3) is 0 Å². The van der Waals surface area contributed by atoms with Crippen LogP contribution in [-0.4, -0.2) is 40.0 Å². The fraction of sp³-hybridized carbons (Fsp3) is 1.00. The average molecular weight is 217 g/mol. The summed E-state index contributed by atoms with van der Waals surface area (Å²) < 4.78 is 10.3. The fourth-order valence-corrected chi connectivity index (χ4v) is 1.51. The Morgan fingerprint density at radius 3 is 2.40 bits per heavy atom. The molecular formula is C12H27NO2. The molecule has 3 nitrogen and oxygen atoms in total. The zero-order valence-electron chi connectivity index (χ0n) is 10.6. The van der Waals surface area contributed by atoms with E-state index in [4.69, 9.17) is 9.47 Å². The van der Waals surface area contributed by atoms with E-state index in [2.05, 4.69) is 12.2 Å². The highest BCUT2D eigenvalue weighted by atomic mass is 16.5. The Labute approximate surface area is 94.5 Å². The van der Waals surface area contributed by atoms with Crippen molar-refractivity contribution in [2.75, 3.05) is 33.9 Å². The van der Waals surface area contributed by atoms with E-state index < -0.39 is 0 Å². The van der Waals surface area contributed by atoms with Gasteiger partial charge >= 0.3 is 0 Å². The van der Waals surface area contributed by atoms with Crippen LogP contribution in [0.2, 0.25) is 0 Å². The van der Waals surface area contributed by atoms with Gasteiger partial charge in [-0.1, -0.05) is 32.6 Å². The number of rotatable bonds is 11. The van der Waals surface area contributed by atoms with Crippen LogP contribution in [0.15, 0.2) is 0 Å². The molecule has 0 spiro atoms. The topological polar surface area (TPSA) is 30.5 Å². The summed E-state index contributed by atoms with van der Waals surface area (Å²) in [5, 5.41) is 3.39. The smallest absolute Gasteiger partial charge is 0.0928 e. The first-order valence-corrected chi connectivity index (χ1v) is 6.07. The van der Waals surface area contributed by atoms with Gasteiger partial charge in [-0.3, -0.25) is 0 Å². The molecule has 1 unspecified atom stereocenters. The van der Waals surface area contributed by atoms with Gasteiger partial charge in [-0.2, -0.15) is 0 Å². The number of ether oxygens (including phenoxy) is 2. The van der Waals surface area contributed by atoms with Crippen LogP contribution in [0.3, 0.4) is 0 Å². The van der Waals surface area contributed by atoms with Crippen LogP contribution < -0.4 is 5.32 Å². The van der Waals surface area contributed by atoms with Crippen molar-refractivity contribution in [3.63, 3.8) is 0 Å². The molecule has 0 aliphatic heterocycles. The maximum atomic E-state index is 5.25. The molecule has 1 atom stereocenters. The largest absolute Gasteiger partial charge is 0.382 e. The van der Waals surface area contributed by atoms with Crippen LogP contribution >= 0.6 is 0 Å². The van der Waals surface area contributed by atoms with Gasteiger partial charge in [0.25, 0.3) is 0 Å². The molecule has 0 aliphatic rings. The number of hydrogen-bond donors (Lipinski definition) is 1. The van der Waals surface area contributed by atoms with E-state index in [-0.39, 0.29) is 6.10 Å². The highest BCUT2D eigenvalue weighted by Crippen LogP contribution is 2.01. The molecule has 0 aromatic heterocycles. The lowest BCUT2D eigenvalue weighted by Crippen LogP contribution is -2.32. The Hall–Kier alpha value is -0.120. The second-order valence-corrected chi connectivity index (χ2v) is 3.93. The molecule has 0 heterocycles. The van der Waals surface area contributed by atoms with Gasteiger partial charge in [0.1, 0.15) is 0 Å².